The largest absolute Gasteiger partial charge is 0.326 e. The van der Waals surface area contributed by atoms with Gasteiger partial charge in [-0.2, -0.15) is 0 Å². The monoisotopic (exact) mass is 392 g/mol. The van der Waals surface area contributed by atoms with E-state index in [1.54, 1.807) is 6.07 Å². The maximum Gasteiger partial charge on any atom is 0.263 e. The van der Waals surface area contributed by atoms with Crippen molar-refractivity contribution in [3.05, 3.63) is 57.3 Å². The molecule has 2 aromatic rings. The molecular formula is C13H11BrClFN2O2S. The summed E-state index contributed by atoms with van der Waals surface area (Å²) in [7, 11) is -4.00. The van der Waals surface area contributed by atoms with E-state index in [0.29, 0.717) is 10.0 Å². The van der Waals surface area contributed by atoms with E-state index in [4.69, 9.17) is 17.3 Å². The molecule has 0 fully saturated rings. The molecule has 2 rings (SSSR count). The van der Waals surface area contributed by atoms with E-state index in [0.717, 1.165) is 6.07 Å². The minimum Gasteiger partial charge on any atom is -0.326 e. The molecule has 0 aliphatic rings. The molecule has 2 aromatic carbocycles. The molecule has 0 aromatic heterocycles. The van der Waals surface area contributed by atoms with Crippen molar-refractivity contribution in [3.63, 3.8) is 0 Å². The third-order valence-electron chi connectivity index (χ3n) is 2.70. The normalized spacial score (nSPS) is 11.4. The first-order valence-electron chi connectivity index (χ1n) is 5.80. The standard InChI is InChI=1S/C13H11BrClFN2O2S/c14-9-2-4-12(11(16)6-9)18-21(19,20)13-5-8(7-17)1-3-10(13)15/h1-6,18H,7,17H2. The summed E-state index contributed by atoms with van der Waals surface area (Å²) >= 11 is 9.01. The molecule has 0 spiro atoms. The number of nitrogens with two attached hydrogens (primary N) is 1. The average molecular weight is 394 g/mol. The number of halogens is 3. The second kappa shape index (κ2) is 6.31. The van der Waals surface area contributed by atoms with Crippen LogP contribution in [-0.2, 0) is 16.6 Å². The Hall–Kier alpha value is -1.15. The molecule has 0 aliphatic carbocycles. The van der Waals surface area contributed by atoms with Gasteiger partial charge in [0, 0.05) is 11.0 Å². The van der Waals surface area contributed by atoms with Gasteiger partial charge in [0.15, 0.2) is 0 Å². The first-order valence-corrected chi connectivity index (χ1v) is 8.45. The molecule has 3 N–H and O–H groups in total. The van der Waals surface area contributed by atoms with Crippen molar-refractivity contribution in [1.82, 2.24) is 0 Å². The van der Waals surface area contributed by atoms with Crippen LogP contribution >= 0.6 is 27.5 Å². The predicted molar refractivity (Wildman–Crippen MR) is 84.3 cm³/mol. The first kappa shape index (κ1) is 16.2. The molecule has 0 atom stereocenters. The molecule has 0 aliphatic heterocycles. The number of anilines is 1. The highest BCUT2D eigenvalue weighted by Gasteiger charge is 2.20. The van der Waals surface area contributed by atoms with Crippen LogP contribution in [0, 0.1) is 5.82 Å². The van der Waals surface area contributed by atoms with E-state index in [1.165, 1.54) is 24.3 Å². The Morgan fingerprint density at radius 2 is 1.95 bits per heavy atom. The highest BCUT2D eigenvalue weighted by molar-refractivity contribution is 9.10. The Balaban J connectivity index is 2.43. The molecule has 0 radical (unpaired) electrons. The van der Waals surface area contributed by atoms with Crippen LogP contribution in [0.25, 0.3) is 0 Å². The van der Waals surface area contributed by atoms with Gasteiger partial charge in [0.25, 0.3) is 10.0 Å². The summed E-state index contributed by atoms with van der Waals surface area (Å²) in [5.74, 6) is -0.695. The van der Waals surface area contributed by atoms with E-state index in [2.05, 4.69) is 20.7 Å². The van der Waals surface area contributed by atoms with Crippen LogP contribution in [0.5, 0.6) is 0 Å². The van der Waals surface area contributed by atoms with Crippen molar-refractivity contribution in [2.45, 2.75) is 11.4 Å². The Bertz CT molecular complexity index is 784. The van der Waals surface area contributed by atoms with Gasteiger partial charge in [0.1, 0.15) is 10.7 Å². The zero-order chi connectivity index (χ0) is 15.6. The molecule has 0 bridgehead atoms. The van der Waals surface area contributed by atoms with Crippen LogP contribution in [0.1, 0.15) is 5.56 Å². The Morgan fingerprint density at radius 1 is 1.24 bits per heavy atom. The summed E-state index contributed by atoms with van der Waals surface area (Å²) in [5.41, 5.74) is 5.93. The van der Waals surface area contributed by atoms with Gasteiger partial charge in [-0.1, -0.05) is 33.6 Å². The van der Waals surface area contributed by atoms with Gasteiger partial charge in [0.2, 0.25) is 0 Å². The lowest BCUT2D eigenvalue weighted by atomic mass is 10.2. The maximum absolute atomic E-state index is 13.7. The molecule has 8 heteroatoms. The van der Waals surface area contributed by atoms with E-state index in [9.17, 15) is 12.8 Å². The molecule has 0 amide bonds. The van der Waals surface area contributed by atoms with E-state index < -0.39 is 15.8 Å². The van der Waals surface area contributed by atoms with E-state index >= 15 is 0 Å². The van der Waals surface area contributed by atoms with Crippen molar-refractivity contribution < 1.29 is 12.8 Å². The van der Waals surface area contributed by atoms with Crippen LogP contribution in [0.4, 0.5) is 10.1 Å². The van der Waals surface area contributed by atoms with Crippen molar-refractivity contribution in [3.8, 4) is 0 Å². The van der Waals surface area contributed by atoms with Gasteiger partial charge in [0.05, 0.1) is 10.7 Å². The SMILES string of the molecule is NCc1ccc(Cl)c(S(=O)(=O)Nc2ccc(Br)cc2F)c1. The quantitative estimate of drug-likeness (QED) is 0.835. The van der Waals surface area contributed by atoms with Crippen LogP contribution in [0.15, 0.2) is 45.8 Å². The number of rotatable bonds is 4. The topological polar surface area (TPSA) is 72.2 Å². The fourth-order valence-corrected chi connectivity index (χ4v) is 3.60. The van der Waals surface area contributed by atoms with E-state index in [-0.39, 0.29) is 22.2 Å². The van der Waals surface area contributed by atoms with Gasteiger partial charge in [-0.05, 0) is 35.9 Å². The lowest BCUT2D eigenvalue weighted by Gasteiger charge is -2.11. The second-order valence-electron chi connectivity index (χ2n) is 4.20. The number of hydrogen-bond acceptors (Lipinski definition) is 3. The van der Waals surface area contributed by atoms with Gasteiger partial charge in [-0.3, -0.25) is 4.72 Å². The lowest BCUT2D eigenvalue weighted by molar-refractivity contribution is 0.598. The van der Waals surface area contributed by atoms with Crippen LogP contribution in [0.2, 0.25) is 5.02 Å². The summed E-state index contributed by atoms with van der Waals surface area (Å²) in [6.07, 6.45) is 0. The maximum atomic E-state index is 13.7. The highest BCUT2D eigenvalue weighted by atomic mass is 79.9. The van der Waals surface area contributed by atoms with Crippen LogP contribution in [-0.4, -0.2) is 8.42 Å². The molecule has 0 unspecified atom stereocenters. The fourth-order valence-electron chi connectivity index (χ4n) is 1.65. The summed E-state index contributed by atoms with van der Waals surface area (Å²) in [6.45, 7) is 0.173. The predicted octanol–water partition coefficient (Wildman–Crippen LogP) is 3.50. The smallest absolute Gasteiger partial charge is 0.263 e. The minimum absolute atomic E-state index is 0.0391. The molecule has 112 valence electrons. The highest BCUT2D eigenvalue weighted by Crippen LogP contribution is 2.27. The Labute approximate surface area is 135 Å². The van der Waals surface area contributed by atoms with Gasteiger partial charge >= 0.3 is 0 Å². The third-order valence-corrected chi connectivity index (χ3v) is 5.04. The first-order chi connectivity index (χ1) is 9.83. The van der Waals surface area contributed by atoms with Crippen LogP contribution < -0.4 is 10.5 Å². The fraction of sp³-hybridized carbons (Fsp3) is 0.0769. The molecule has 0 saturated carbocycles. The van der Waals surface area contributed by atoms with Gasteiger partial charge in [-0.25, -0.2) is 12.8 Å². The number of hydrogen-bond donors (Lipinski definition) is 2. The molecule has 0 saturated heterocycles. The zero-order valence-electron chi connectivity index (χ0n) is 10.6. The van der Waals surface area contributed by atoms with Crippen molar-refractivity contribution in [2.24, 2.45) is 5.73 Å². The molecule has 21 heavy (non-hydrogen) atoms. The van der Waals surface area contributed by atoms with Crippen LogP contribution in [0.3, 0.4) is 0 Å². The molecule has 0 heterocycles. The Morgan fingerprint density at radius 3 is 2.57 bits per heavy atom. The summed E-state index contributed by atoms with van der Waals surface area (Å²) in [4.78, 5) is -0.144. The summed E-state index contributed by atoms with van der Waals surface area (Å²) in [6, 6.07) is 8.44. The lowest BCUT2D eigenvalue weighted by Crippen LogP contribution is -2.15. The molecular weight excluding hydrogens is 383 g/mol. The van der Waals surface area contributed by atoms with Gasteiger partial charge < -0.3 is 5.73 Å². The number of nitrogens with one attached hydrogen (secondary N) is 1. The minimum atomic E-state index is -4.00. The summed E-state index contributed by atoms with van der Waals surface area (Å²) in [5, 5.41) is 0.0391. The second-order valence-corrected chi connectivity index (χ2v) is 7.17. The summed E-state index contributed by atoms with van der Waals surface area (Å²) < 4.78 is 41.0. The van der Waals surface area contributed by atoms with E-state index in [1.807, 2.05) is 0 Å². The number of sulfonamides is 1. The molecule has 4 nitrogen and oxygen atoms in total. The van der Waals surface area contributed by atoms with Crippen molar-refractivity contribution in [1.29, 1.82) is 0 Å². The average Bonchev–Trinajstić information content (AvgIpc) is 2.42. The zero-order valence-corrected chi connectivity index (χ0v) is 13.8. The van der Waals surface area contributed by atoms with Crippen molar-refractivity contribution in [2.75, 3.05) is 4.72 Å². The van der Waals surface area contributed by atoms with Crippen molar-refractivity contribution >= 4 is 43.2 Å². The van der Waals surface area contributed by atoms with Gasteiger partial charge in [-0.15, -0.1) is 0 Å². The third kappa shape index (κ3) is 3.74. The number of benzene rings is 2. The Kier molecular flexibility index (Phi) is 4.88.